The van der Waals surface area contributed by atoms with Gasteiger partial charge in [-0.05, 0) is 0 Å². The molecular formula is BaCl2O2. The molecule has 28 valence electrons. The van der Waals surface area contributed by atoms with Crippen LogP contribution in [-0.4, -0.2) is 48.9 Å². The molecule has 0 fully saturated rings. The summed E-state index contributed by atoms with van der Waals surface area (Å²) in [4.78, 5) is 0. The predicted octanol–water partition coefficient (Wildman–Crippen LogP) is -1.38. The standard InChI is InChI=1S/Ba.2ClO/c;2*1-2/q+2;2*-1. The first-order valence-corrected chi connectivity index (χ1v) is 0.926. The van der Waals surface area contributed by atoms with Crippen LogP contribution in [-0.2, 0) is 0 Å². The molecule has 0 atom stereocenters. The van der Waals surface area contributed by atoms with Crippen molar-refractivity contribution in [2.24, 2.45) is 0 Å². The van der Waals surface area contributed by atoms with E-state index >= 15 is 0 Å². The van der Waals surface area contributed by atoms with E-state index in [9.17, 15) is 0 Å². The molecule has 0 rings (SSSR count). The zero-order valence-corrected chi connectivity index (χ0v) is 8.23. The van der Waals surface area contributed by atoms with Crippen LogP contribution in [0.2, 0.25) is 0 Å². The summed E-state index contributed by atoms with van der Waals surface area (Å²) >= 11 is 6.78. The maximum Gasteiger partial charge on any atom is 2.00 e. The smallest absolute Gasteiger partial charge is 0.769 e. The summed E-state index contributed by atoms with van der Waals surface area (Å²) in [7, 11) is 0. The van der Waals surface area contributed by atoms with E-state index in [-0.39, 0.29) is 48.9 Å². The van der Waals surface area contributed by atoms with Crippen molar-refractivity contribution < 1.29 is 9.32 Å². The molecule has 0 unspecified atom stereocenters. The summed E-state index contributed by atoms with van der Waals surface area (Å²) < 4.78 is 15.4. The van der Waals surface area contributed by atoms with Crippen molar-refractivity contribution in [3.63, 3.8) is 0 Å². The van der Waals surface area contributed by atoms with E-state index in [1.165, 1.54) is 0 Å². The predicted molar refractivity (Wildman–Crippen MR) is 17.5 cm³/mol. The van der Waals surface area contributed by atoms with Crippen molar-refractivity contribution in [2.45, 2.75) is 0 Å². The van der Waals surface area contributed by atoms with E-state index in [0.29, 0.717) is 0 Å². The van der Waals surface area contributed by atoms with Gasteiger partial charge in [-0.15, -0.1) is 0 Å². The van der Waals surface area contributed by atoms with E-state index in [0.717, 1.165) is 0 Å². The Morgan fingerprint density at radius 3 is 0.800 bits per heavy atom. The molecule has 0 N–H and O–H groups in total. The maximum absolute atomic E-state index is 7.72. The SMILES string of the molecule is [Ba+2].[O-]Cl.[O-]Cl. The summed E-state index contributed by atoms with van der Waals surface area (Å²) in [5, 5.41) is 0. The zero-order chi connectivity index (χ0) is 4.00. The Bertz CT molecular complexity index is 7.61. The third-order valence-corrected chi connectivity index (χ3v) is 0. The summed E-state index contributed by atoms with van der Waals surface area (Å²) in [5.74, 6) is 0. The number of halogens is 2. The molecule has 0 radical (unpaired) electrons. The summed E-state index contributed by atoms with van der Waals surface area (Å²) in [5.41, 5.74) is 0. The Labute approximate surface area is 80.5 Å². The molecule has 0 aromatic carbocycles. The molecule has 0 aliphatic heterocycles. The molecule has 5 heavy (non-hydrogen) atoms. The van der Waals surface area contributed by atoms with Crippen molar-refractivity contribution in [2.75, 3.05) is 0 Å². The first kappa shape index (κ1) is 15.7. The fraction of sp³-hybridized carbons (Fsp3) is 0. The van der Waals surface area contributed by atoms with Gasteiger partial charge in [-0.3, -0.25) is 0 Å². The van der Waals surface area contributed by atoms with Crippen molar-refractivity contribution in [3.8, 4) is 0 Å². The Morgan fingerprint density at radius 2 is 0.800 bits per heavy atom. The molecule has 5 heteroatoms. The van der Waals surface area contributed by atoms with E-state index in [1.807, 2.05) is 0 Å². The Kier molecular flexibility index (Phi) is 114. The van der Waals surface area contributed by atoms with Gasteiger partial charge >= 0.3 is 48.9 Å². The van der Waals surface area contributed by atoms with Crippen molar-refractivity contribution in [1.29, 1.82) is 0 Å². The van der Waals surface area contributed by atoms with Crippen LogP contribution in [0.5, 0.6) is 0 Å². The summed E-state index contributed by atoms with van der Waals surface area (Å²) in [6, 6.07) is 0. The molecule has 2 nitrogen and oxygen atoms in total. The maximum atomic E-state index is 7.72. The van der Waals surface area contributed by atoms with Gasteiger partial charge in [0.1, 0.15) is 0 Å². The van der Waals surface area contributed by atoms with Crippen LogP contribution in [0.3, 0.4) is 0 Å². The monoisotopic (exact) mass is 240 g/mol. The second kappa shape index (κ2) is 36.4. The fourth-order valence-corrected chi connectivity index (χ4v) is 0. The first-order chi connectivity index (χ1) is 2.00. The van der Waals surface area contributed by atoms with E-state index < -0.39 is 0 Å². The number of rotatable bonds is 0. The average Bonchev–Trinajstić information content (AvgIpc) is 1.50. The van der Waals surface area contributed by atoms with Crippen LogP contribution in [0.4, 0.5) is 0 Å². The minimum absolute atomic E-state index is 0. The third kappa shape index (κ3) is 23.5. The van der Waals surface area contributed by atoms with Crippen LogP contribution in [0.1, 0.15) is 0 Å². The molecule has 0 heterocycles. The molecule has 0 aliphatic rings. The molecule has 0 amide bonds. The molecule has 0 aliphatic carbocycles. The molecule has 0 saturated carbocycles. The fourth-order valence-electron chi connectivity index (χ4n) is 0. The van der Waals surface area contributed by atoms with Crippen LogP contribution in [0, 0.1) is 0 Å². The van der Waals surface area contributed by atoms with E-state index in [2.05, 4.69) is 23.7 Å². The Balaban J connectivity index is -0.0000000133. The Hall–Kier alpha value is 2.07. The average molecular weight is 240 g/mol. The molecule has 0 bridgehead atoms. The van der Waals surface area contributed by atoms with Crippen molar-refractivity contribution in [1.82, 2.24) is 0 Å². The van der Waals surface area contributed by atoms with Crippen LogP contribution in [0.15, 0.2) is 0 Å². The summed E-state index contributed by atoms with van der Waals surface area (Å²) in [6.45, 7) is 0. The van der Waals surface area contributed by atoms with Crippen LogP contribution < -0.4 is 9.32 Å². The van der Waals surface area contributed by atoms with E-state index in [4.69, 9.17) is 9.32 Å². The quantitative estimate of drug-likeness (QED) is 0.490. The van der Waals surface area contributed by atoms with Gasteiger partial charge in [0.05, 0.1) is 0 Å². The van der Waals surface area contributed by atoms with Gasteiger partial charge in [0.25, 0.3) is 0 Å². The second-order valence-electron chi connectivity index (χ2n) is 0. The van der Waals surface area contributed by atoms with Gasteiger partial charge in [-0.2, -0.15) is 0 Å². The molecule has 0 aromatic rings. The van der Waals surface area contributed by atoms with Gasteiger partial charge < -0.3 is 9.32 Å². The van der Waals surface area contributed by atoms with Crippen LogP contribution in [0.25, 0.3) is 0 Å². The topological polar surface area (TPSA) is 46.1 Å². The van der Waals surface area contributed by atoms with Gasteiger partial charge in [-0.1, -0.05) is 0 Å². The molecule has 0 spiro atoms. The minimum atomic E-state index is 0. The Morgan fingerprint density at radius 1 is 0.800 bits per heavy atom. The van der Waals surface area contributed by atoms with Crippen molar-refractivity contribution in [3.05, 3.63) is 0 Å². The molecule has 0 saturated heterocycles. The molecular weight excluding hydrogens is 240 g/mol. The van der Waals surface area contributed by atoms with Gasteiger partial charge in [0.2, 0.25) is 0 Å². The first-order valence-electron chi connectivity index (χ1n) is 0.309. The van der Waals surface area contributed by atoms with Gasteiger partial charge in [0, 0.05) is 0 Å². The zero-order valence-electron chi connectivity index (χ0n) is 2.28. The minimum Gasteiger partial charge on any atom is -0.769 e. The van der Waals surface area contributed by atoms with Gasteiger partial charge in [-0.25, -0.2) is 23.7 Å². The number of hydrogen-bond donors (Lipinski definition) is 0. The van der Waals surface area contributed by atoms with Crippen molar-refractivity contribution >= 4 is 72.6 Å². The van der Waals surface area contributed by atoms with Crippen LogP contribution >= 0.6 is 23.7 Å². The molecule has 0 aromatic heterocycles. The van der Waals surface area contributed by atoms with Gasteiger partial charge in [0.15, 0.2) is 0 Å². The largest absolute Gasteiger partial charge is 2.00 e. The van der Waals surface area contributed by atoms with E-state index in [1.54, 1.807) is 0 Å². The third-order valence-electron chi connectivity index (χ3n) is 0. The second-order valence-corrected chi connectivity index (χ2v) is 0. The number of hydrogen-bond acceptors (Lipinski definition) is 2. The normalized spacial score (nSPS) is 2.40. The summed E-state index contributed by atoms with van der Waals surface area (Å²) in [6.07, 6.45) is 0.